The third-order valence-corrected chi connectivity index (χ3v) is 5.66. The van der Waals surface area contributed by atoms with Gasteiger partial charge < -0.3 is 9.47 Å². The summed E-state index contributed by atoms with van der Waals surface area (Å²) in [5.74, 6) is 0.513. The summed E-state index contributed by atoms with van der Waals surface area (Å²) in [6.07, 6.45) is 1.37. The van der Waals surface area contributed by atoms with Crippen LogP contribution in [-0.4, -0.2) is 24.6 Å². The summed E-state index contributed by atoms with van der Waals surface area (Å²) in [7, 11) is -3.63. The van der Waals surface area contributed by atoms with Crippen molar-refractivity contribution in [1.82, 2.24) is 9.97 Å². The minimum Gasteiger partial charge on any atom is -0.489 e. The standard InChI is InChI=1S/C26H22F3N3O4S/c1-37(33,34)32-24-13-21(15-31-25(24)36-17-19-6-4-10-30-14-19)20-7-3-9-23(12-20)35-16-18-5-2-8-22(11-18)26(27,28)29/h2-15,32H,16-17H2,1H3. The fraction of sp³-hybridized carbons (Fsp3) is 0.154. The number of ether oxygens (including phenoxy) is 2. The van der Waals surface area contributed by atoms with Gasteiger partial charge in [0.05, 0.1) is 11.8 Å². The van der Waals surface area contributed by atoms with Crippen LogP contribution in [0.25, 0.3) is 11.1 Å². The fourth-order valence-corrected chi connectivity index (χ4v) is 3.95. The number of pyridine rings is 2. The van der Waals surface area contributed by atoms with E-state index in [0.29, 0.717) is 22.4 Å². The molecule has 2 heterocycles. The molecule has 2 aromatic carbocycles. The molecule has 0 saturated heterocycles. The third kappa shape index (κ3) is 7.43. The maximum Gasteiger partial charge on any atom is 0.416 e. The highest BCUT2D eigenvalue weighted by molar-refractivity contribution is 7.92. The number of alkyl halides is 3. The molecule has 0 atom stereocenters. The zero-order valence-electron chi connectivity index (χ0n) is 19.6. The number of benzene rings is 2. The molecule has 4 aromatic rings. The van der Waals surface area contributed by atoms with E-state index in [0.717, 1.165) is 24.0 Å². The molecule has 0 unspecified atom stereocenters. The molecule has 0 saturated carbocycles. The first-order chi connectivity index (χ1) is 17.6. The quantitative estimate of drug-likeness (QED) is 0.300. The van der Waals surface area contributed by atoms with Gasteiger partial charge in [-0.25, -0.2) is 13.4 Å². The number of sulfonamides is 1. The minimum absolute atomic E-state index is 0.0619. The van der Waals surface area contributed by atoms with Crippen LogP contribution in [-0.2, 0) is 29.4 Å². The van der Waals surface area contributed by atoms with Gasteiger partial charge in [-0.05, 0) is 47.5 Å². The van der Waals surface area contributed by atoms with E-state index in [4.69, 9.17) is 9.47 Å². The minimum atomic E-state index is -4.44. The number of hydrogen-bond donors (Lipinski definition) is 1. The van der Waals surface area contributed by atoms with E-state index in [-0.39, 0.29) is 24.8 Å². The van der Waals surface area contributed by atoms with E-state index in [1.54, 1.807) is 54.9 Å². The SMILES string of the molecule is CS(=O)(=O)Nc1cc(-c2cccc(OCc3cccc(C(F)(F)F)c3)c2)cnc1OCc1cccnc1. The van der Waals surface area contributed by atoms with Gasteiger partial charge in [0.25, 0.3) is 0 Å². The molecular formula is C26H22F3N3O4S. The highest BCUT2D eigenvalue weighted by atomic mass is 32.2. The monoisotopic (exact) mass is 529 g/mol. The van der Waals surface area contributed by atoms with Crippen molar-refractivity contribution in [3.8, 4) is 22.8 Å². The Labute approximate surface area is 212 Å². The van der Waals surface area contributed by atoms with Crippen molar-refractivity contribution < 1.29 is 31.1 Å². The number of anilines is 1. The van der Waals surface area contributed by atoms with Crippen molar-refractivity contribution in [2.45, 2.75) is 19.4 Å². The molecule has 0 aliphatic heterocycles. The Kier molecular flexibility index (Phi) is 7.63. The summed E-state index contributed by atoms with van der Waals surface area (Å²) in [5.41, 5.74) is 1.79. The molecule has 192 valence electrons. The lowest BCUT2D eigenvalue weighted by atomic mass is 10.1. The average molecular weight is 530 g/mol. The van der Waals surface area contributed by atoms with Crippen molar-refractivity contribution in [2.75, 3.05) is 11.0 Å². The molecule has 4 rings (SSSR count). The van der Waals surface area contributed by atoms with Crippen molar-refractivity contribution in [1.29, 1.82) is 0 Å². The first-order valence-electron chi connectivity index (χ1n) is 11.0. The summed E-state index contributed by atoms with van der Waals surface area (Å²) in [6.45, 7) is 0.0745. The van der Waals surface area contributed by atoms with E-state index >= 15 is 0 Å². The van der Waals surface area contributed by atoms with Gasteiger partial charge in [-0.15, -0.1) is 0 Å². The highest BCUT2D eigenvalue weighted by Gasteiger charge is 2.30. The molecule has 37 heavy (non-hydrogen) atoms. The Morgan fingerprint density at radius 3 is 2.35 bits per heavy atom. The summed E-state index contributed by atoms with van der Waals surface area (Å²) in [4.78, 5) is 8.31. The molecule has 1 N–H and O–H groups in total. The number of halogens is 3. The number of aromatic nitrogens is 2. The lowest BCUT2D eigenvalue weighted by Crippen LogP contribution is -2.12. The number of nitrogens with zero attached hydrogens (tertiary/aromatic N) is 2. The lowest BCUT2D eigenvalue weighted by Gasteiger charge is -2.14. The molecule has 0 amide bonds. The van der Waals surface area contributed by atoms with Gasteiger partial charge in [0.1, 0.15) is 24.7 Å². The Balaban J connectivity index is 1.54. The maximum absolute atomic E-state index is 13.0. The molecule has 0 aliphatic carbocycles. The van der Waals surface area contributed by atoms with Gasteiger partial charge in [-0.3, -0.25) is 9.71 Å². The van der Waals surface area contributed by atoms with Crippen LogP contribution in [0.3, 0.4) is 0 Å². The van der Waals surface area contributed by atoms with Crippen LogP contribution in [0.2, 0.25) is 0 Å². The highest BCUT2D eigenvalue weighted by Crippen LogP contribution is 2.32. The summed E-state index contributed by atoms with van der Waals surface area (Å²) >= 11 is 0. The second kappa shape index (κ2) is 10.9. The van der Waals surface area contributed by atoms with Gasteiger partial charge >= 0.3 is 6.18 Å². The average Bonchev–Trinajstić information content (AvgIpc) is 2.86. The molecule has 0 fully saturated rings. The molecule has 0 bridgehead atoms. The van der Waals surface area contributed by atoms with Gasteiger partial charge in [0.15, 0.2) is 0 Å². The lowest BCUT2D eigenvalue weighted by molar-refractivity contribution is -0.137. The van der Waals surface area contributed by atoms with Crippen LogP contribution in [0, 0.1) is 0 Å². The van der Waals surface area contributed by atoms with Crippen molar-refractivity contribution in [2.24, 2.45) is 0 Å². The summed E-state index contributed by atoms with van der Waals surface area (Å²) in [6, 6.07) is 16.9. The number of nitrogens with one attached hydrogen (secondary N) is 1. The van der Waals surface area contributed by atoms with E-state index in [9.17, 15) is 21.6 Å². The predicted molar refractivity (Wildman–Crippen MR) is 132 cm³/mol. The molecule has 2 aromatic heterocycles. The topological polar surface area (TPSA) is 90.4 Å². The first kappa shape index (κ1) is 26.0. The third-order valence-electron chi connectivity index (χ3n) is 5.07. The van der Waals surface area contributed by atoms with Gasteiger partial charge in [0.2, 0.25) is 15.9 Å². The van der Waals surface area contributed by atoms with Crippen molar-refractivity contribution in [3.63, 3.8) is 0 Å². The second-order valence-electron chi connectivity index (χ2n) is 8.12. The zero-order chi connectivity index (χ0) is 26.5. The molecule has 11 heteroatoms. The molecule has 0 spiro atoms. The van der Waals surface area contributed by atoms with Crippen molar-refractivity contribution in [3.05, 3.63) is 102 Å². The van der Waals surface area contributed by atoms with E-state index < -0.39 is 21.8 Å². The maximum atomic E-state index is 13.0. The Hall–Kier alpha value is -4.12. The number of rotatable bonds is 9. The van der Waals surface area contributed by atoms with Crippen LogP contribution >= 0.6 is 0 Å². The first-order valence-corrected chi connectivity index (χ1v) is 12.8. The van der Waals surface area contributed by atoms with E-state index in [1.165, 1.54) is 12.3 Å². The Morgan fingerprint density at radius 1 is 0.865 bits per heavy atom. The summed E-state index contributed by atoms with van der Waals surface area (Å²) < 4.78 is 76.6. The second-order valence-corrected chi connectivity index (χ2v) is 9.86. The van der Waals surface area contributed by atoms with Crippen LogP contribution in [0.4, 0.5) is 18.9 Å². The van der Waals surface area contributed by atoms with Crippen LogP contribution in [0.5, 0.6) is 11.6 Å². The molecule has 0 aliphatic rings. The number of hydrogen-bond acceptors (Lipinski definition) is 6. The molecule has 7 nitrogen and oxygen atoms in total. The van der Waals surface area contributed by atoms with Crippen LogP contribution in [0.15, 0.2) is 85.3 Å². The molecule has 0 radical (unpaired) electrons. The predicted octanol–water partition coefficient (Wildman–Crippen LogP) is 5.69. The smallest absolute Gasteiger partial charge is 0.416 e. The fourth-order valence-electron chi connectivity index (χ4n) is 3.40. The van der Waals surface area contributed by atoms with Crippen LogP contribution < -0.4 is 14.2 Å². The van der Waals surface area contributed by atoms with Crippen LogP contribution in [0.1, 0.15) is 16.7 Å². The van der Waals surface area contributed by atoms with Gasteiger partial charge in [-0.1, -0.05) is 30.3 Å². The van der Waals surface area contributed by atoms with E-state index in [1.807, 2.05) is 6.07 Å². The Bertz CT molecular complexity index is 1480. The largest absolute Gasteiger partial charge is 0.489 e. The van der Waals surface area contributed by atoms with Crippen molar-refractivity contribution >= 4 is 15.7 Å². The van der Waals surface area contributed by atoms with Gasteiger partial charge in [-0.2, -0.15) is 13.2 Å². The normalized spacial score (nSPS) is 11.7. The Morgan fingerprint density at radius 2 is 1.62 bits per heavy atom. The molecular weight excluding hydrogens is 507 g/mol. The summed E-state index contributed by atoms with van der Waals surface area (Å²) in [5, 5.41) is 0. The zero-order valence-corrected chi connectivity index (χ0v) is 20.4. The van der Waals surface area contributed by atoms with Gasteiger partial charge in [0, 0.05) is 29.7 Å². The van der Waals surface area contributed by atoms with E-state index in [2.05, 4.69) is 14.7 Å².